The SMILES string of the molecule is Cc1c(NCc2ccccc2)cccc1[N+](=O)[O-]. The number of hydrogen-bond donors (Lipinski definition) is 1. The standard InChI is InChI=1S/C14H14N2O2/c1-11-13(8-5-9-14(11)16(17)18)15-10-12-6-3-2-4-7-12/h2-9,15H,10H2,1H3. The van der Waals surface area contributed by atoms with Crippen LogP contribution in [0.15, 0.2) is 48.5 Å². The summed E-state index contributed by atoms with van der Waals surface area (Å²) in [5.74, 6) is 0. The van der Waals surface area contributed by atoms with Crippen LogP contribution in [0.3, 0.4) is 0 Å². The molecule has 0 saturated heterocycles. The molecule has 0 fully saturated rings. The van der Waals surface area contributed by atoms with Crippen LogP contribution in [-0.2, 0) is 6.54 Å². The number of rotatable bonds is 4. The van der Waals surface area contributed by atoms with E-state index in [0.717, 1.165) is 11.3 Å². The maximum atomic E-state index is 10.8. The second kappa shape index (κ2) is 5.31. The number of nitro groups is 1. The van der Waals surface area contributed by atoms with Gasteiger partial charge in [-0.3, -0.25) is 10.1 Å². The van der Waals surface area contributed by atoms with Gasteiger partial charge in [0.2, 0.25) is 0 Å². The van der Waals surface area contributed by atoms with E-state index in [-0.39, 0.29) is 10.6 Å². The minimum atomic E-state index is -0.358. The van der Waals surface area contributed by atoms with Gasteiger partial charge in [0, 0.05) is 23.9 Å². The Labute approximate surface area is 105 Å². The van der Waals surface area contributed by atoms with Crippen molar-refractivity contribution in [3.8, 4) is 0 Å². The molecule has 18 heavy (non-hydrogen) atoms. The van der Waals surface area contributed by atoms with Gasteiger partial charge in [-0.25, -0.2) is 0 Å². The normalized spacial score (nSPS) is 10.1. The van der Waals surface area contributed by atoms with Crippen LogP contribution >= 0.6 is 0 Å². The van der Waals surface area contributed by atoms with Crippen molar-refractivity contribution in [3.05, 3.63) is 69.8 Å². The molecular weight excluding hydrogens is 228 g/mol. The van der Waals surface area contributed by atoms with Crippen LogP contribution in [0.2, 0.25) is 0 Å². The molecule has 4 heteroatoms. The van der Waals surface area contributed by atoms with E-state index >= 15 is 0 Å². The number of hydrogen-bond acceptors (Lipinski definition) is 3. The summed E-state index contributed by atoms with van der Waals surface area (Å²) in [5, 5.41) is 14.0. The van der Waals surface area contributed by atoms with Gasteiger partial charge < -0.3 is 5.32 Å². The van der Waals surface area contributed by atoms with Crippen LogP contribution in [0.1, 0.15) is 11.1 Å². The maximum Gasteiger partial charge on any atom is 0.274 e. The van der Waals surface area contributed by atoms with E-state index in [1.165, 1.54) is 6.07 Å². The minimum Gasteiger partial charge on any atom is -0.381 e. The first-order valence-corrected chi connectivity index (χ1v) is 5.70. The van der Waals surface area contributed by atoms with Crippen molar-refractivity contribution < 1.29 is 4.92 Å². The van der Waals surface area contributed by atoms with E-state index < -0.39 is 0 Å². The minimum absolute atomic E-state index is 0.146. The highest BCUT2D eigenvalue weighted by atomic mass is 16.6. The summed E-state index contributed by atoms with van der Waals surface area (Å²) in [6.45, 7) is 2.41. The molecule has 0 radical (unpaired) electrons. The van der Waals surface area contributed by atoms with E-state index in [2.05, 4.69) is 5.32 Å². The van der Waals surface area contributed by atoms with E-state index in [4.69, 9.17) is 0 Å². The maximum absolute atomic E-state index is 10.8. The quantitative estimate of drug-likeness (QED) is 0.659. The second-order valence-corrected chi connectivity index (χ2v) is 4.05. The molecule has 0 unspecified atom stereocenters. The van der Waals surface area contributed by atoms with Crippen molar-refractivity contribution in [2.75, 3.05) is 5.32 Å². The highest BCUT2D eigenvalue weighted by Gasteiger charge is 2.12. The van der Waals surface area contributed by atoms with Gasteiger partial charge in [0.1, 0.15) is 0 Å². The molecule has 2 aromatic rings. The lowest BCUT2D eigenvalue weighted by Gasteiger charge is -2.09. The van der Waals surface area contributed by atoms with Crippen molar-refractivity contribution in [2.45, 2.75) is 13.5 Å². The van der Waals surface area contributed by atoms with Crippen LogP contribution in [0.4, 0.5) is 11.4 Å². The lowest BCUT2D eigenvalue weighted by Crippen LogP contribution is -2.02. The van der Waals surface area contributed by atoms with Crippen molar-refractivity contribution >= 4 is 11.4 Å². The molecule has 2 rings (SSSR count). The molecule has 0 aliphatic rings. The Morgan fingerprint density at radius 2 is 1.83 bits per heavy atom. The third-order valence-electron chi connectivity index (χ3n) is 2.83. The lowest BCUT2D eigenvalue weighted by atomic mass is 10.1. The Morgan fingerprint density at radius 3 is 2.50 bits per heavy atom. The van der Waals surface area contributed by atoms with Crippen molar-refractivity contribution in [3.63, 3.8) is 0 Å². The first-order chi connectivity index (χ1) is 8.68. The Hall–Kier alpha value is -2.36. The van der Waals surface area contributed by atoms with Crippen molar-refractivity contribution in [1.82, 2.24) is 0 Å². The Bertz CT molecular complexity index is 553. The van der Waals surface area contributed by atoms with Gasteiger partial charge in [-0.15, -0.1) is 0 Å². The van der Waals surface area contributed by atoms with Crippen LogP contribution in [0, 0.1) is 17.0 Å². The van der Waals surface area contributed by atoms with Crippen molar-refractivity contribution in [1.29, 1.82) is 0 Å². The summed E-state index contributed by atoms with van der Waals surface area (Å²) in [4.78, 5) is 10.5. The van der Waals surface area contributed by atoms with Gasteiger partial charge in [0.05, 0.1) is 4.92 Å². The second-order valence-electron chi connectivity index (χ2n) is 4.05. The summed E-state index contributed by atoms with van der Waals surface area (Å²) in [6, 6.07) is 15.0. The zero-order chi connectivity index (χ0) is 13.0. The summed E-state index contributed by atoms with van der Waals surface area (Å²) >= 11 is 0. The van der Waals surface area contributed by atoms with Crippen molar-refractivity contribution in [2.24, 2.45) is 0 Å². The smallest absolute Gasteiger partial charge is 0.274 e. The zero-order valence-corrected chi connectivity index (χ0v) is 10.1. The molecule has 0 amide bonds. The Morgan fingerprint density at radius 1 is 1.11 bits per heavy atom. The van der Waals surface area contributed by atoms with E-state index in [0.29, 0.717) is 12.1 Å². The van der Waals surface area contributed by atoms with Crippen LogP contribution in [-0.4, -0.2) is 4.92 Å². The largest absolute Gasteiger partial charge is 0.381 e. The van der Waals surface area contributed by atoms with Crippen LogP contribution in [0.25, 0.3) is 0 Å². The Kier molecular flexibility index (Phi) is 3.57. The summed E-state index contributed by atoms with van der Waals surface area (Å²) < 4.78 is 0. The molecule has 0 spiro atoms. The van der Waals surface area contributed by atoms with Gasteiger partial charge in [0.25, 0.3) is 5.69 Å². The fourth-order valence-corrected chi connectivity index (χ4v) is 1.81. The van der Waals surface area contributed by atoms with Crippen LogP contribution < -0.4 is 5.32 Å². The van der Waals surface area contributed by atoms with E-state index in [1.807, 2.05) is 36.4 Å². The first-order valence-electron chi connectivity index (χ1n) is 5.70. The predicted octanol–water partition coefficient (Wildman–Crippen LogP) is 3.52. The fourth-order valence-electron chi connectivity index (χ4n) is 1.81. The number of nitrogens with one attached hydrogen (secondary N) is 1. The first kappa shape index (κ1) is 12.1. The number of benzene rings is 2. The Balaban J connectivity index is 2.15. The fraction of sp³-hybridized carbons (Fsp3) is 0.143. The predicted molar refractivity (Wildman–Crippen MR) is 71.6 cm³/mol. The molecule has 0 bridgehead atoms. The summed E-state index contributed by atoms with van der Waals surface area (Å²) in [7, 11) is 0. The highest BCUT2D eigenvalue weighted by molar-refractivity contribution is 5.59. The van der Waals surface area contributed by atoms with Gasteiger partial charge in [-0.2, -0.15) is 0 Å². The summed E-state index contributed by atoms with van der Waals surface area (Å²) in [6.07, 6.45) is 0. The number of nitrogens with zero attached hydrogens (tertiary/aromatic N) is 1. The molecular formula is C14H14N2O2. The molecule has 92 valence electrons. The van der Waals surface area contributed by atoms with Gasteiger partial charge in [0.15, 0.2) is 0 Å². The number of anilines is 1. The van der Waals surface area contributed by atoms with E-state index in [1.54, 1.807) is 13.0 Å². The molecule has 1 N–H and O–H groups in total. The molecule has 2 aromatic carbocycles. The third-order valence-corrected chi connectivity index (χ3v) is 2.83. The zero-order valence-electron chi connectivity index (χ0n) is 10.1. The van der Waals surface area contributed by atoms with E-state index in [9.17, 15) is 10.1 Å². The monoisotopic (exact) mass is 242 g/mol. The topological polar surface area (TPSA) is 55.2 Å². The molecule has 0 saturated carbocycles. The van der Waals surface area contributed by atoms with Gasteiger partial charge in [-0.1, -0.05) is 36.4 Å². The average Bonchev–Trinajstić information content (AvgIpc) is 2.38. The molecule has 0 aromatic heterocycles. The van der Waals surface area contributed by atoms with Crippen LogP contribution in [0.5, 0.6) is 0 Å². The van der Waals surface area contributed by atoms with Gasteiger partial charge in [-0.05, 0) is 18.6 Å². The molecule has 0 atom stereocenters. The third kappa shape index (κ3) is 2.66. The molecule has 0 heterocycles. The average molecular weight is 242 g/mol. The number of nitro benzene ring substituents is 1. The highest BCUT2D eigenvalue weighted by Crippen LogP contribution is 2.25. The molecule has 0 aliphatic heterocycles. The lowest BCUT2D eigenvalue weighted by molar-refractivity contribution is -0.385. The van der Waals surface area contributed by atoms with Gasteiger partial charge >= 0.3 is 0 Å². The molecule has 0 aliphatic carbocycles. The summed E-state index contributed by atoms with van der Waals surface area (Å²) in [5.41, 5.74) is 2.75. The molecule has 4 nitrogen and oxygen atoms in total.